The maximum atomic E-state index is 10.6. The smallest absolute Gasteiger partial charge is 0.255 e. The first-order valence-corrected chi connectivity index (χ1v) is 5.86. The van der Waals surface area contributed by atoms with Crippen molar-refractivity contribution in [2.45, 2.75) is 0 Å². The highest BCUT2D eigenvalue weighted by Crippen LogP contribution is 2.26. The Bertz CT molecular complexity index is 721. The Labute approximate surface area is 120 Å². The Morgan fingerprint density at radius 2 is 1.90 bits per heavy atom. The number of hydrogen-bond donors (Lipinski definition) is 3. The standard InChI is InChI=1S/C13H12N6O2/c14-5-9-11(18-13(17)19-12(9)16)7-1-3-8(4-2-7)21-6-10(15)20/h1-4H,6H2,(H2,15,20)(H4,16,17,18,19). The third-order valence-electron chi connectivity index (χ3n) is 2.57. The van der Waals surface area contributed by atoms with E-state index in [0.717, 1.165) is 0 Å². The van der Waals surface area contributed by atoms with Crippen molar-refractivity contribution in [1.82, 2.24) is 9.97 Å². The lowest BCUT2D eigenvalue weighted by atomic mass is 10.1. The van der Waals surface area contributed by atoms with Crippen molar-refractivity contribution in [2.75, 3.05) is 18.1 Å². The highest BCUT2D eigenvalue weighted by Gasteiger charge is 2.13. The molecule has 0 saturated heterocycles. The number of primary amides is 1. The molecule has 2 aromatic rings. The summed E-state index contributed by atoms with van der Waals surface area (Å²) in [6, 6.07) is 8.51. The van der Waals surface area contributed by atoms with Crippen molar-refractivity contribution in [3.63, 3.8) is 0 Å². The molecule has 1 aromatic heterocycles. The van der Waals surface area contributed by atoms with E-state index in [1.165, 1.54) is 0 Å². The van der Waals surface area contributed by atoms with Crippen LogP contribution < -0.4 is 21.9 Å². The van der Waals surface area contributed by atoms with Gasteiger partial charge in [0.2, 0.25) is 5.95 Å². The van der Waals surface area contributed by atoms with Gasteiger partial charge in [-0.25, -0.2) is 4.98 Å². The van der Waals surface area contributed by atoms with Crippen molar-refractivity contribution in [3.05, 3.63) is 29.8 Å². The fourth-order valence-electron chi connectivity index (χ4n) is 1.68. The average Bonchev–Trinajstić information content (AvgIpc) is 2.45. The summed E-state index contributed by atoms with van der Waals surface area (Å²) in [4.78, 5) is 18.4. The topological polar surface area (TPSA) is 154 Å². The Morgan fingerprint density at radius 1 is 1.24 bits per heavy atom. The summed E-state index contributed by atoms with van der Waals surface area (Å²) < 4.78 is 5.14. The quantitative estimate of drug-likeness (QED) is 0.716. The zero-order valence-corrected chi connectivity index (χ0v) is 10.9. The first-order valence-electron chi connectivity index (χ1n) is 5.86. The molecular weight excluding hydrogens is 272 g/mol. The highest BCUT2D eigenvalue weighted by atomic mass is 16.5. The predicted octanol–water partition coefficient (Wildman–Crippen LogP) is 0.0438. The number of nitriles is 1. The van der Waals surface area contributed by atoms with E-state index in [9.17, 15) is 4.79 Å². The molecule has 106 valence electrons. The van der Waals surface area contributed by atoms with Crippen molar-refractivity contribution in [3.8, 4) is 23.1 Å². The number of rotatable bonds is 4. The Morgan fingerprint density at radius 3 is 2.48 bits per heavy atom. The number of nitrogens with two attached hydrogens (primary N) is 3. The summed E-state index contributed by atoms with van der Waals surface area (Å²) >= 11 is 0. The van der Waals surface area contributed by atoms with Gasteiger partial charge in [0.25, 0.3) is 5.91 Å². The molecule has 1 heterocycles. The SMILES string of the molecule is N#Cc1c(N)nc(N)nc1-c1ccc(OCC(N)=O)cc1. The third-order valence-corrected chi connectivity index (χ3v) is 2.57. The van der Waals surface area contributed by atoms with Crippen LogP contribution in [0.3, 0.4) is 0 Å². The molecule has 1 aromatic carbocycles. The number of nitrogens with zero attached hydrogens (tertiary/aromatic N) is 3. The first-order chi connectivity index (χ1) is 10.0. The molecule has 6 N–H and O–H groups in total. The molecule has 21 heavy (non-hydrogen) atoms. The molecule has 0 unspecified atom stereocenters. The molecule has 8 heteroatoms. The van der Waals surface area contributed by atoms with Gasteiger partial charge in [0.05, 0.1) is 5.69 Å². The zero-order valence-electron chi connectivity index (χ0n) is 10.9. The van der Waals surface area contributed by atoms with E-state index in [1.807, 2.05) is 6.07 Å². The number of nitrogen functional groups attached to an aromatic ring is 2. The molecule has 0 spiro atoms. The maximum absolute atomic E-state index is 10.6. The molecule has 0 aliphatic heterocycles. The molecule has 0 aliphatic rings. The third kappa shape index (κ3) is 3.16. The van der Waals surface area contributed by atoms with Crippen LogP contribution in [0.4, 0.5) is 11.8 Å². The number of benzene rings is 1. The second-order valence-corrected chi connectivity index (χ2v) is 4.08. The summed E-state index contributed by atoms with van der Waals surface area (Å²) in [5.74, 6) is -0.0992. The number of anilines is 2. The molecule has 0 bridgehead atoms. The van der Waals surface area contributed by atoms with Crippen LogP contribution in [0.25, 0.3) is 11.3 Å². The van der Waals surface area contributed by atoms with Crippen molar-refractivity contribution in [2.24, 2.45) is 5.73 Å². The van der Waals surface area contributed by atoms with Crippen LogP contribution >= 0.6 is 0 Å². The molecule has 2 rings (SSSR count). The van der Waals surface area contributed by atoms with Gasteiger partial charge in [-0.1, -0.05) is 0 Å². The van der Waals surface area contributed by atoms with Crippen molar-refractivity contribution >= 4 is 17.7 Å². The summed E-state index contributed by atoms with van der Waals surface area (Å²) in [6.07, 6.45) is 0. The van der Waals surface area contributed by atoms with Gasteiger partial charge < -0.3 is 21.9 Å². The molecule has 1 amide bonds. The minimum absolute atomic E-state index is 0.0180. The molecule has 0 radical (unpaired) electrons. The van der Waals surface area contributed by atoms with Crippen molar-refractivity contribution < 1.29 is 9.53 Å². The fraction of sp³-hybridized carbons (Fsp3) is 0.0769. The van der Waals surface area contributed by atoms with Crippen LogP contribution in [0.2, 0.25) is 0 Å². The highest BCUT2D eigenvalue weighted by molar-refractivity contribution is 5.75. The minimum Gasteiger partial charge on any atom is -0.484 e. The number of carbonyl (C=O) groups excluding carboxylic acids is 1. The molecule has 0 fully saturated rings. The lowest BCUT2D eigenvalue weighted by Crippen LogP contribution is -2.19. The number of hydrogen-bond acceptors (Lipinski definition) is 7. The van der Waals surface area contributed by atoms with Crippen LogP contribution in [0.15, 0.2) is 24.3 Å². The van der Waals surface area contributed by atoms with Crippen LogP contribution in [0.5, 0.6) is 5.75 Å². The molecular formula is C13H12N6O2. The largest absolute Gasteiger partial charge is 0.484 e. The van der Waals surface area contributed by atoms with E-state index in [4.69, 9.17) is 27.2 Å². The van der Waals surface area contributed by atoms with Gasteiger partial charge in [-0.2, -0.15) is 10.2 Å². The lowest BCUT2D eigenvalue weighted by Gasteiger charge is -2.08. The van der Waals surface area contributed by atoms with Gasteiger partial charge in [-0.05, 0) is 24.3 Å². The minimum atomic E-state index is -0.567. The predicted molar refractivity (Wildman–Crippen MR) is 75.7 cm³/mol. The van der Waals surface area contributed by atoms with Crippen LogP contribution in [-0.2, 0) is 4.79 Å². The lowest BCUT2D eigenvalue weighted by molar-refractivity contribution is -0.119. The van der Waals surface area contributed by atoms with E-state index < -0.39 is 5.91 Å². The van der Waals surface area contributed by atoms with Crippen LogP contribution in [0, 0.1) is 11.3 Å². The summed E-state index contributed by atoms with van der Waals surface area (Å²) in [5.41, 5.74) is 17.3. The van der Waals surface area contributed by atoms with E-state index in [-0.39, 0.29) is 23.9 Å². The van der Waals surface area contributed by atoms with Crippen LogP contribution in [-0.4, -0.2) is 22.5 Å². The Hall–Kier alpha value is -3.34. The second-order valence-electron chi connectivity index (χ2n) is 4.08. The molecule has 0 atom stereocenters. The Kier molecular flexibility index (Phi) is 3.85. The summed E-state index contributed by atoms with van der Waals surface area (Å²) in [7, 11) is 0. The molecule has 0 aliphatic carbocycles. The second kappa shape index (κ2) is 5.75. The van der Waals surface area contributed by atoms with E-state index in [1.54, 1.807) is 24.3 Å². The number of carbonyl (C=O) groups is 1. The van der Waals surface area contributed by atoms with Gasteiger partial charge in [-0.3, -0.25) is 4.79 Å². The van der Waals surface area contributed by atoms with E-state index >= 15 is 0 Å². The Balaban J connectivity index is 2.35. The fourth-order valence-corrected chi connectivity index (χ4v) is 1.68. The van der Waals surface area contributed by atoms with Crippen LogP contribution in [0.1, 0.15) is 5.56 Å². The number of amides is 1. The maximum Gasteiger partial charge on any atom is 0.255 e. The first kappa shape index (κ1) is 14.1. The van der Waals surface area contributed by atoms with E-state index in [2.05, 4.69) is 9.97 Å². The average molecular weight is 284 g/mol. The summed E-state index contributed by atoms with van der Waals surface area (Å²) in [5, 5.41) is 9.12. The van der Waals surface area contributed by atoms with Gasteiger partial charge in [0, 0.05) is 5.56 Å². The summed E-state index contributed by atoms with van der Waals surface area (Å²) in [6.45, 7) is -0.212. The van der Waals surface area contributed by atoms with Gasteiger partial charge in [0.1, 0.15) is 23.2 Å². The molecule has 0 saturated carbocycles. The number of ether oxygens (including phenoxy) is 1. The number of aromatic nitrogens is 2. The zero-order chi connectivity index (χ0) is 15.4. The van der Waals surface area contributed by atoms with Gasteiger partial charge in [-0.15, -0.1) is 0 Å². The van der Waals surface area contributed by atoms with Crippen molar-refractivity contribution in [1.29, 1.82) is 5.26 Å². The monoisotopic (exact) mass is 284 g/mol. The normalized spacial score (nSPS) is 9.86. The molecule has 8 nitrogen and oxygen atoms in total. The van der Waals surface area contributed by atoms with E-state index in [0.29, 0.717) is 17.0 Å². The van der Waals surface area contributed by atoms with Gasteiger partial charge in [0.15, 0.2) is 6.61 Å². The van der Waals surface area contributed by atoms with Gasteiger partial charge >= 0.3 is 0 Å².